The van der Waals surface area contributed by atoms with Gasteiger partial charge in [0.25, 0.3) is 0 Å². The molecule has 0 spiro atoms. The molecule has 0 saturated carbocycles. The van der Waals surface area contributed by atoms with E-state index in [4.69, 9.17) is 5.26 Å². The molecule has 0 aliphatic rings. The zero-order chi connectivity index (χ0) is 17.6. The third-order valence-corrected chi connectivity index (χ3v) is 4.45. The van der Waals surface area contributed by atoms with Gasteiger partial charge in [-0.05, 0) is 24.3 Å². The summed E-state index contributed by atoms with van der Waals surface area (Å²) in [6.45, 7) is -0.0158. The summed E-state index contributed by atoms with van der Waals surface area (Å²) >= 11 is 1.36. The second kappa shape index (κ2) is 7.64. The second-order valence-electron chi connectivity index (χ2n) is 5.17. The van der Waals surface area contributed by atoms with Crippen LogP contribution in [0.1, 0.15) is 0 Å². The van der Waals surface area contributed by atoms with E-state index >= 15 is 0 Å². The van der Waals surface area contributed by atoms with Gasteiger partial charge in [-0.1, -0.05) is 24.3 Å². The Bertz CT molecular complexity index is 1020. The van der Waals surface area contributed by atoms with Crippen molar-refractivity contribution in [2.24, 2.45) is 0 Å². The highest BCUT2D eigenvalue weighted by atomic mass is 32.2. The van der Waals surface area contributed by atoms with Crippen LogP contribution in [-0.2, 0) is 11.3 Å². The Morgan fingerprint density at radius 1 is 1.20 bits per heavy atom. The molecule has 0 aliphatic carbocycles. The minimum Gasteiger partial charge on any atom is -0.323 e. The topological polar surface area (TPSA) is 87.8 Å². The Labute approximate surface area is 148 Å². The van der Waals surface area contributed by atoms with Gasteiger partial charge in [-0.15, -0.1) is 11.8 Å². The first kappa shape index (κ1) is 16.7. The van der Waals surface area contributed by atoms with Crippen molar-refractivity contribution in [3.8, 4) is 6.07 Å². The summed E-state index contributed by atoms with van der Waals surface area (Å²) in [7, 11) is 0. The first-order valence-corrected chi connectivity index (χ1v) is 8.51. The smallest absolute Gasteiger partial charge is 0.246 e. The highest BCUT2D eigenvalue weighted by Crippen LogP contribution is 2.26. The Hall–Kier alpha value is -3.11. The Balaban J connectivity index is 1.82. The average Bonchev–Trinajstić information content (AvgIpc) is 2.63. The fourth-order valence-corrected chi connectivity index (χ4v) is 3.09. The van der Waals surface area contributed by atoms with E-state index in [-0.39, 0.29) is 17.9 Å². The van der Waals surface area contributed by atoms with E-state index in [0.717, 1.165) is 4.90 Å². The van der Waals surface area contributed by atoms with E-state index in [9.17, 15) is 9.59 Å². The standard InChI is InChI=1S/C18H14N4O2S/c19-9-10-25-17-8-4-2-6-14(17)21-18(24)12-22-15-7-3-1-5-13(15)16(23)11-20-22/h1-8,11H,10,12H2,(H,21,24). The quantitative estimate of drug-likeness (QED) is 0.715. The van der Waals surface area contributed by atoms with Gasteiger partial charge in [0.15, 0.2) is 0 Å². The number of benzene rings is 2. The number of amides is 1. The molecule has 0 bridgehead atoms. The number of nitrogens with zero attached hydrogens (tertiary/aromatic N) is 3. The van der Waals surface area contributed by atoms with Crippen molar-refractivity contribution in [2.45, 2.75) is 11.4 Å². The molecule has 0 unspecified atom stereocenters. The number of carbonyl (C=O) groups excluding carboxylic acids is 1. The number of nitrogens with one attached hydrogen (secondary N) is 1. The molecule has 0 saturated heterocycles. The maximum atomic E-state index is 12.4. The summed E-state index contributed by atoms with van der Waals surface area (Å²) in [6.07, 6.45) is 1.21. The zero-order valence-electron chi connectivity index (χ0n) is 13.2. The normalized spacial score (nSPS) is 10.4. The number of anilines is 1. The largest absolute Gasteiger partial charge is 0.323 e. The summed E-state index contributed by atoms with van der Waals surface area (Å²) in [4.78, 5) is 25.1. The number of hydrogen-bond acceptors (Lipinski definition) is 5. The lowest BCUT2D eigenvalue weighted by Gasteiger charge is -2.12. The molecule has 1 amide bonds. The molecule has 7 heteroatoms. The summed E-state index contributed by atoms with van der Waals surface area (Å²) in [5.74, 6) is 0.0463. The number of nitriles is 1. The maximum absolute atomic E-state index is 12.4. The van der Waals surface area contributed by atoms with E-state index in [1.54, 1.807) is 30.3 Å². The van der Waals surface area contributed by atoms with E-state index in [2.05, 4.69) is 16.5 Å². The molecule has 1 N–H and O–H groups in total. The summed E-state index contributed by atoms with van der Waals surface area (Å²) in [5, 5.41) is 16.1. The van der Waals surface area contributed by atoms with Crippen molar-refractivity contribution in [1.29, 1.82) is 5.26 Å². The fraction of sp³-hybridized carbons (Fsp3) is 0.111. The van der Waals surface area contributed by atoms with Gasteiger partial charge in [-0.2, -0.15) is 10.4 Å². The van der Waals surface area contributed by atoms with Crippen LogP contribution >= 0.6 is 11.8 Å². The molecule has 1 aromatic heterocycles. The molecule has 0 aliphatic heterocycles. The van der Waals surface area contributed by atoms with Gasteiger partial charge in [0.05, 0.1) is 29.2 Å². The van der Waals surface area contributed by atoms with Crippen LogP contribution < -0.4 is 10.7 Å². The highest BCUT2D eigenvalue weighted by molar-refractivity contribution is 7.99. The van der Waals surface area contributed by atoms with Crippen molar-refractivity contribution in [2.75, 3.05) is 11.1 Å². The number of carbonyl (C=O) groups is 1. The van der Waals surface area contributed by atoms with Crippen LogP contribution in [0.25, 0.3) is 10.9 Å². The third-order valence-electron chi connectivity index (χ3n) is 3.51. The van der Waals surface area contributed by atoms with E-state index < -0.39 is 0 Å². The number of para-hydroxylation sites is 2. The van der Waals surface area contributed by atoms with E-state index in [1.807, 2.05) is 18.2 Å². The lowest BCUT2D eigenvalue weighted by Crippen LogP contribution is -2.22. The SMILES string of the molecule is N#CCSc1ccccc1NC(=O)Cn1ncc(=O)c2ccccc21. The van der Waals surface area contributed by atoms with Crippen molar-refractivity contribution < 1.29 is 4.79 Å². The van der Waals surface area contributed by atoms with Crippen LogP contribution in [0.2, 0.25) is 0 Å². The van der Waals surface area contributed by atoms with Crippen LogP contribution in [0.3, 0.4) is 0 Å². The molecule has 0 fully saturated rings. The number of fused-ring (bicyclic) bond motifs is 1. The average molecular weight is 350 g/mol. The summed E-state index contributed by atoms with van der Waals surface area (Å²) in [5.41, 5.74) is 1.08. The summed E-state index contributed by atoms with van der Waals surface area (Å²) in [6, 6.07) is 16.4. The van der Waals surface area contributed by atoms with Crippen LogP contribution in [-0.4, -0.2) is 21.4 Å². The number of hydrogen-bond donors (Lipinski definition) is 1. The molecule has 25 heavy (non-hydrogen) atoms. The maximum Gasteiger partial charge on any atom is 0.246 e. The van der Waals surface area contributed by atoms with Crippen LogP contribution in [0.15, 0.2) is 64.4 Å². The molecule has 3 rings (SSSR count). The Kier molecular flexibility index (Phi) is 5.11. The van der Waals surface area contributed by atoms with Gasteiger partial charge in [0.1, 0.15) is 6.54 Å². The predicted octanol–water partition coefficient (Wildman–Crippen LogP) is 2.65. The van der Waals surface area contributed by atoms with Gasteiger partial charge in [-0.25, -0.2) is 0 Å². The van der Waals surface area contributed by atoms with Crippen molar-refractivity contribution in [1.82, 2.24) is 9.78 Å². The Morgan fingerprint density at radius 2 is 1.96 bits per heavy atom. The van der Waals surface area contributed by atoms with Crippen LogP contribution in [0.5, 0.6) is 0 Å². The highest BCUT2D eigenvalue weighted by Gasteiger charge is 2.10. The van der Waals surface area contributed by atoms with Gasteiger partial charge in [0, 0.05) is 10.3 Å². The summed E-state index contributed by atoms with van der Waals surface area (Å²) < 4.78 is 1.50. The first-order chi connectivity index (χ1) is 12.2. The van der Waals surface area contributed by atoms with Gasteiger partial charge in [-0.3, -0.25) is 14.3 Å². The van der Waals surface area contributed by atoms with Gasteiger partial charge in [0.2, 0.25) is 11.3 Å². The van der Waals surface area contributed by atoms with Crippen molar-refractivity contribution in [3.05, 3.63) is 65.0 Å². The molecule has 1 heterocycles. The second-order valence-corrected chi connectivity index (χ2v) is 6.19. The number of aromatic nitrogens is 2. The molecule has 0 radical (unpaired) electrons. The fourth-order valence-electron chi connectivity index (χ4n) is 2.42. The van der Waals surface area contributed by atoms with Gasteiger partial charge >= 0.3 is 0 Å². The molecule has 0 atom stereocenters. The van der Waals surface area contributed by atoms with E-state index in [0.29, 0.717) is 22.3 Å². The van der Waals surface area contributed by atoms with Crippen LogP contribution in [0, 0.1) is 11.3 Å². The molecule has 2 aromatic carbocycles. The third kappa shape index (κ3) is 3.87. The van der Waals surface area contributed by atoms with Crippen LogP contribution in [0.4, 0.5) is 5.69 Å². The number of rotatable bonds is 5. The minimum atomic E-state index is -0.258. The minimum absolute atomic E-state index is 0.0158. The molecule has 124 valence electrons. The lowest BCUT2D eigenvalue weighted by molar-refractivity contribution is -0.116. The van der Waals surface area contributed by atoms with E-state index in [1.165, 1.54) is 22.6 Å². The number of thioether (sulfide) groups is 1. The monoisotopic (exact) mass is 350 g/mol. The predicted molar refractivity (Wildman–Crippen MR) is 97.4 cm³/mol. The zero-order valence-corrected chi connectivity index (χ0v) is 14.0. The molecular weight excluding hydrogens is 336 g/mol. The first-order valence-electron chi connectivity index (χ1n) is 7.52. The Morgan fingerprint density at radius 3 is 2.80 bits per heavy atom. The van der Waals surface area contributed by atoms with Crippen molar-refractivity contribution in [3.63, 3.8) is 0 Å². The molecule has 3 aromatic rings. The lowest BCUT2D eigenvalue weighted by atomic mass is 10.2. The molecule has 6 nitrogen and oxygen atoms in total. The molecular formula is C18H14N4O2S. The van der Waals surface area contributed by atoms with Gasteiger partial charge < -0.3 is 5.32 Å². The van der Waals surface area contributed by atoms with Crippen molar-refractivity contribution >= 4 is 34.3 Å².